The molecule has 0 aliphatic rings. The molecule has 148 valence electrons. The molecule has 0 saturated heterocycles. The number of nitrogens with one attached hydrogen (secondary N) is 1. The Morgan fingerprint density at radius 3 is 2.04 bits per heavy atom. The molecule has 0 spiro atoms. The number of anilines is 1. The van der Waals surface area contributed by atoms with Gasteiger partial charge in [-0.2, -0.15) is 4.31 Å². The van der Waals surface area contributed by atoms with Gasteiger partial charge >= 0.3 is 0 Å². The fourth-order valence-electron chi connectivity index (χ4n) is 2.53. The van der Waals surface area contributed by atoms with E-state index in [1.165, 1.54) is 28.7 Å². The van der Waals surface area contributed by atoms with Crippen LogP contribution in [0.5, 0.6) is 0 Å². The van der Waals surface area contributed by atoms with Gasteiger partial charge in [-0.3, -0.25) is 0 Å². The molecule has 0 aliphatic heterocycles. The molecule has 0 aliphatic carbocycles. The van der Waals surface area contributed by atoms with Crippen molar-refractivity contribution in [2.24, 2.45) is 5.14 Å². The van der Waals surface area contributed by atoms with Crippen molar-refractivity contribution in [3.8, 4) is 0 Å². The van der Waals surface area contributed by atoms with E-state index < -0.39 is 20.0 Å². The van der Waals surface area contributed by atoms with E-state index >= 15 is 0 Å². The minimum absolute atomic E-state index is 0.0749. The highest BCUT2D eigenvalue weighted by Crippen LogP contribution is 2.16. The largest absolute Gasteiger partial charge is 0.370 e. The summed E-state index contributed by atoms with van der Waals surface area (Å²) in [7, 11) is -7.20. The van der Waals surface area contributed by atoms with Gasteiger partial charge in [0.15, 0.2) is 0 Å². The Hall–Kier alpha value is -2.01. The first kappa shape index (κ1) is 21.3. The van der Waals surface area contributed by atoms with E-state index in [-0.39, 0.29) is 9.79 Å². The van der Waals surface area contributed by atoms with Crippen LogP contribution in [-0.4, -0.2) is 45.8 Å². The SMILES string of the molecule is CCN(CC)S(=O)(=O)c1ccc(NCCc2ccc(S(N)(=O)=O)cc2)nc1. The van der Waals surface area contributed by atoms with Crippen LogP contribution in [0.25, 0.3) is 0 Å². The Morgan fingerprint density at radius 2 is 1.56 bits per heavy atom. The van der Waals surface area contributed by atoms with Crippen LogP contribution in [0.15, 0.2) is 52.4 Å². The van der Waals surface area contributed by atoms with Gasteiger partial charge < -0.3 is 5.32 Å². The molecule has 10 heteroatoms. The lowest BCUT2D eigenvalue weighted by Crippen LogP contribution is -2.30. The van der Waals surface area contributed by atoms with Crippen molar-refractivity contribution in [1.29, 1.82) is 0 Å². The molecule has 2 rings (SSSR count). The Labute approximate surface area is 160 Å². The van der Waals surface area contributed by atoms with E-state index in [9.17, 15) is 16.8 Å². The average Bonchev–Trinajstić information content (AvgIpc) is 2.62. The van der Waals surface area contributed by atoms with Crippen LogP contribution in [0.4, 0.5) is 5.82 Å². The van der Waals surface area contributed by atoms with E-state index in [4.69, 9.17) is 5.14 Å². The molecule has 1 aromatic heterocycles. The average molecular weight is 413 g/mol. The van der Waals surface area contributed by atoms with Gasteiger partial charge in [0.2, 0.25) is 20.0 Å². The lowest BCUT2D eigenvalue weighted by Gasteiger charge is -2.18. The molecular formula is C17H24N4O4S2. The Bertz CT molecular complexity index is 953. The first-order valence-corrected chi connectivity index (χ1v) is 11.5. The number of hydrogen-bond acceptors (Lipinski definition) is 6. The van der Waals surface area contributed by atoms with Crippen LogP contribution in [0.2, 0.25) is 0 Å². The summed E-state index contributed by atoms with van der Waals surface area (Å²) in [4.78, 5) is 4.40. The standard InChI is InChI=1S/C17H24N4O4S2/c1-3-21(4-2)27(24,25)16-9-10-17(20-13-16)19-12-11-14-5-7-15(8-6-14)26(18,22)23/h5-10,13H,3-4,11-12H2,1-2H3,(H,19,20)(H2,18,22,23). The van der Waals surface area contributed by atoms with Crippen molar-refractivity contribution < 1.29 is 16.8 Å². The number of benzene rings is 1. The van der Waals surface area contributed by atoms with Crippen molar-refractivity contribution in [2.75, 3.05) is 25.0 Å². The van der Waals surface area contributed by atoms with Gasteiger partial charge in [-0.1, -0.05) is 26.0 Å². The predicted octanol–water partition coefficient (Wildman–Crippen LogP) is 1.41. The molecule has 1 aromatic carbocycles. The van der Waals surface area contributed by atoms with Crippen LogP contribution in [0, 0.1) is 0 Å². The summed E-state index contributed by atoms with van der Waals surface area (Å²) in [6, 6.07) is 9.50. The molecule has 0 unspecified atom stereocenters. The zero-order valence-corrected chi connectivity index (χ0v) is 16.9. The van der Waals surface area contributed by atoms with E-state index in [0.29, 0.717) is 31.9 Å². The molecule has 1 heterocycles. The van der Waals surface area contributed by atoms with Gasteiger partial charge in [0.25, 0.3) is 0 Å². The summed E-state index contributed by atoms with van der Waals surface area (Å²) in [6.45, 7) is 4.95. The zero-order valence-electron chi connectivity index (χ0n) is 15.3. The lowest BCUT2D eigenvalue weighted by molar-refractivity contribution is 0.445. The maximum atomic E-state index is 12.4. The van der Waals surface area contributed by atoms with Gasteiger partial charge in [0, 0.05) is 25.8 Å². The molecule has 0 amide bonds. The molecule has 3 N–H and O–H groups in total. The fraction of sp³-hybridized carbons (Fsp3) is 0.353. The summed E-state index contributed by atoms with van der Waals surface area (Å²) in [6.07, 6.45) is 1.99. The fourth-order valence-corrected chi connectivity index (χ4v) is 4.45. The number of aromatic nitrogens is 1. The van der Waals surface area contributed by atoms with Crippen LogP contribution < -0.4 is 10.5 Å². The van der Waals surface area contributed by atoms with Crippen LogP contribution in [-0.2, 0) is 26.5 Å². The third-order valence-corrected chi connectivity index (χ3v) is 7.01. The first-order valence-electron chi connectivity index (χ1n) is 8.50. The quantitative estimate of drug-likeness (QED) is 0.642. The highest BCUT2D eigenvalue weighted by Gasteiger charge is 2.21. The van der Waals surface area contributed by atoms with Gasteiger partial charge in [0.05, 0.1) is 4.90 Å². The minimum Gasteiger partial charge on any atom is -0.370 e. The molecule has 0 bridgehead atoms. The maximum absolute atomic E-state index is 12.4. The van der Waals surface area contributed by atoms with Crippen molar-refractivity contribution in [1.82, 2.24) is 9.29 Å². The van der Waals surface area contributed by atoms with Gasteiger partial charge in [0.1, 0.15) is 10.7 Å². The van der Waals surface area contributed by atoms with Gasteiger partial charge in [-0.15, -0.1) is 0 Å². The number of rotatable bonds is 9. The number of pyridine rings is 1. The Morgan fingerprint density at radius 1 is 0.963 bits per heavy atom. The zero-order chi connectivity index (χ0) is 20.1. The van der Waals surface area contributed by atoms with Crippen molar-refractivity contribution in [3.05, 3.63) is 48.2 Å². The monoisotopic (exact) mass is 412 g/mol. The number of nitrogens with zero attached hydrogens (tertiary/aromatic N) is 2. The maximum Gasteiger partial charge on any atom is 0.244 e. The summed E-state index contributed by atoms with van der Waals surface area (Å²) >= 11 is 0. The van der Waals surface area contributed by atoms with Crippen LogP contribution in [0.3, 0.4) is 0 Å². The molecule has 0 saturated carbocycles. The van der Waals surface area contributed by atoms with E-state index in [1.54, 1.807) is 32.0 Å². The Kier molecular flexibility index (Phi) is 6.93. The highest BCUT2D eigenvalue weighted by molar-refractivity contribution is 7.89. The normalized spacial score (nSPS) is 12.3. The minimum atomic E-state index is -3.69. The third-order valence-electron chi connectivity index (χ3n) is 4.05. The second kappa shape index (κ2) is 8.79. The van der Waals surface area contributed by atoms with E-state index in [0.717, 1.165) is 5.56 Å². The predicted molar refractivity (Wildman–Crippen MR) is 104 cm³/mol. The number of primary sulfonamides is 1. The Balaban J connectivity index is 1.96. The number of sulfonamides is 2. The molecule has 27 heavy (non-hydrogen) atoms. The first-order chi connectivity index (χ1) is 12.7. The van der Waals surface area contributed by atoms with Gasteiger partial charge in [-0.25, -0.2) is 27.0 Å². The second-order valence-electron chi connectivity index (χ2n) is 5.83. The summed E-state index contributed by atoms with van der Waals surface area (Å²) in [5.74, 6) is 0.564. The lowest BCUT2D eigenvalue weighted by atomic mass is 10.1. The van der Waals surface area contributed by atoms with Gasteiger partial charge in [-0.05, 0) is 36.2 Å². The molecule has 2 aromatic rings. The van der Waals surface area contributed by atoms with E-state index in [2.05, 4.69) is 10.3 Å². The van der Waals surface area contributed by atoms with Crippen molar-refractivity contribution in [2.45, 2.75) is 30.1 Å². The smallest absolute Gasteiger partial charge is 0.244 e. The topological polar surface area (TPSA) is 122 Å². The summed E-state index contributed by atoms with van der Waals surface area (Å²) in [5.41, 5.74) is 0.940. The highest BCUT2D eigenvalue weighted by atomic mass is 32.2. The molecule has 0 atom stereocenters. The molecule has 0 fully saturated rings. The molecule has 0 radical (unpaired) electrons. The molecule has 8 nitrogen and oxygen atoms in total. The van der Waals surface area contributed by atoms with Crippen molar-refractivity contribution in [3.63, 3.8) is 0 Å². The molecular weight excluding hydrogens is 388 g/mol. The second-order valence-corrected chi connectivity index (χ2v) is 9.33. The summed E-state index contributed by atoms with van der Waals surface area (Å²) < 4.78 is 48.7. The third kappa shape index (κ3) is 5.48. The summed E-state index contributed by atoms with van der Waals surface area (Å²) in [5, 5.41) is 8.18. The number of hydrogen-bond donors (Lipinski definition) is 2. The van der Waals surface area contributed by atoms with Crippen LogP contribution >= 0.6 is 0 Å². The van der Waals surface area contributed by atoms with Crippen molar-refractivity contribution >= 4 is 25.9 Å². The number of nitrogens with two attached hydrogens (primary N) is 1. The van der Waals surface area contributed by atoms with E-state index in [1.807, 2.05) is 0 Å². The van der Waals surface area contributed by atoms with Crippen LogP contribution in [0.1, 0.15) is 19.4 Å².